The largest absolute Gasteiger partial charge is 0.480 e. The van der Waals surface area contributed by atoms with Gasteiger partial charge >= 0.3 is 11.9 Å². The van der Waals surface area contributed by atoms with Crippen LogP contribution in [0.3, 0.4) is 0 Å². The maximum Gasteiger partial charge on any atom is 0.326 e. The Hall–Kier alpha value is -2.91. The van der Waals surface area contributed by atoms with E-state index in [0.717, 1.165) is 31.6 Å². The van der Waals surface area contributed by atoms with E-state index in [-0.39, 0.29) is 11.8 Å². The van der Waals surface area contributed by atoms with Crippen LogP contribution in [0.5, 0.6) is 0 Å². The van der Waals surface area contributed by atoms with Crippen molar-refractivity contribution in [3.8, 4) is 0 Å². The Bertz CT molecular complexity index is 746. The Morgan fingerprint density at radius 2 is 1.43 bits per heavy atom. The lowest BCUT2D eigenvalue weighted by Crippen LogP contribution is -2.39. The first kappa shape index (κ1) is 25.1. The Morgan fingerprint density at radius 3 is 1.90 bits per heavy atom. The number of aliphatic carboxylic acids is 2. The normalized spacial score (nSPS) is 12.8. The highest BCUT2D eigenvalue weighted by Gasteiger charge is 2.19. The van der Waals surface area contributed by atoms with Crippen LogP contribution < -0.4 is 15.2 Å². The van der Waals surface area contributed by atoms with Gasteiger partial charge < -0.3 is 20.8 Å². The second kappa shape index (κ2) is 12.6. The Balaban J connectivity index is 2.39. The van der Waals surface area contributed by atoms with Crippen molar-refractivity contribution < 1.29 is 34.0 Å². The minimum atomic E-state index is -1.02. The molecule has 1 unspecified atom stereocenters. The average molecular weight is 426 g/mol. The van der Waals surface area contributed by atoms with Crippen LogP contribution in [0.15, 0.2) is 12.5 Å². The van der Waals surface area contributed by atoms with E-state index in [9.17, 15) is 19.2 Å². The third-order valence-corrected chi connectivity index (χ3v) is 4.75. The molecule has 4 N–H and O–H groups in total. The molecule has 0 aliphatic carbocycles. The second-order valence-electron chi connectivity index (χ2n) is 7.49. The van der Waals surface area contributed by atoms with Crippen LogP contribution in [0.25, 0.3) is 0 Å². The molecule has 0 saturated carbocycles. The summed E-state index contributed by atoms with van der Waals surface area (Å²) in [5.74, 6) is -2.75. The number of carbonyl (C=O) groups is 4. The molecule has 0 saturated heterocycles. The number of aromatic nitrogens is 2. The maximum absolute atomic E-state index is 11.1. The summed E-state index contributed by atoms with van der Waals surface area (Å²) in [6, 6.07) is -1.71. The van der Waals surface area contributed by atoms with Crippen molar-refractivity contribution in [2.24, 2.45) is 0 Å². The van der Waals surface area contributed by atoms with E-state index < -0.39 is 24.0 Å². The van der Waals surface area contributed by atoms with Gasteiger partial charge in [0.25, 0.3) is 0 Å². The molecule has 2 atom stereocenters. The Morgan fingerprint density at radius 1 is 0.933 bits per heavy atom. The Kier molecular flexibility index (Phi) is 10.6. The van der Waals surface area contributed by atoms with Gasteiger partial charge in [-0.15, -0.1) is 0 Å². The number of imidazole rings is 1. The number of carboxylic acid groups (broad SMARTS) is 2. The smallest absolute Gasteiger partial charge is 0.326 e. The molecule has 0 aliphatic heterocycles. The molecule has 0 bridgehead atoms. The van der Waals surface area contributed by atoms with Crippen LogP contribution in [-0.2, 0) is 32.3 Å². The first-order chi connectivity index (χ1) is 14.1. The average Bonchev–Trinajstić information content (AvgIpc) is 2.98. The van der Waals surface area contributed by atoms with Gasteiger partial charge in [0.1, 0.15) is 24.0 Å². The third-order valence-electron chi connectivity index (χ3n) is 4.75. The number of carboxylic acids is 2. The molecule has 2 amide bonds. The lowest BCUT2D eigenvalue weighted by molar-refractivity contribution is -0.697. The van der Waals surface area contributed by atoms with Gasteiger partial charge in [0.15, 0.2) is 0 Å². The quantitative estimate of drug-likeness (QED) is 0.254. The predicted molar refractivity (Wildman–Crippen MR) is 108 cm³/mol. The van der Waals surface area contributed by atoms with Crippen LogP contribution in [0.1, 0.15) is 58.1 Å². The summed E-state index contributed by atoms with van der Waals surface area (Å²) in [6.07, 6.45) is 7.69. The van der Waals surface area contributed by atoms with Gasteiger partial charge in [0.2, 0.25) is 18.1 Å². The molecule has 10 heteroatoms. The fraction of sp³-hybridized carbons (Fsp3) is 0.650. The molecule has 1 aromatic heterocycles. The summed E-state index contributed by atoms with van der Waals surface area (Å²) in [5.41, 5.74) is 1.08. The van der Waals surface area contributed by atoms with E-state index in [1.807, 2.05) is 24.0 Å². The van der Waals surface area contributed by atoms with Gasteiger partial charge in [-0.05, 0) is 38.5 Å². The van der Waals surface area contributed by atoms with Gasteiger partial charge in [0.05, 0.1) is 13.1 Å². The van der Waals surface area contributed by atoms with Crippen molar-refractivity contribution in [2.45, 2.75) is 84.5 Å². The van der Waals surface area contributed by atoms with Crippen LogP contribution in [0.4, 0.5) is 0 Å². The number of unbranched alkanes of at least 4 members (excludes halogenated alkanes) is 2. The summed E-state index contributed by atoms with van der Waals surface area (Å²) in [5, 5.41) is 23.1. The molecule has 168 valence electrons. The Labute approximate surface area is 176 Å². The summed E-state index contributed by atoms with van der Waals surface area (Å²) in [7, 11) is 0. The van der Waals surface area contributed by atoms with Crippen LogP contribution in [0, 0.1) is 6.92 Å². The first-order valence-corrected chi connectivity index (χ1v) is 10.2. The molecule has 0 fully saturated rings. The van der Waals surface area contributed by atoms with Crippen molar-refractivity contribution >= 4 is 23.8 Å². The van der Waals surface area contributed by atoms with Crippen molar-refractivity contribution in [3.63, 3.8) is 0 Å². The highest BCUT2D eigenvalue weighted by Crippen LogP contribution is 2.07. The van der Waals surface area contributed by atoms with E-state index in [1.165, 1.54) is 13.8 Å². The zero-order chi connectivity index (χ0) is 22.7. The van der Waals surface area contributed by atoms with Crippen LogP contribution in [-0.4, -0.2) is 50.6 Å². The summed E-state index contributed by atoms with van der Waals surface area (Å²) >= 11 is 0. The molecule has 1 rings (SSSR count). The van der Waals surface area contributed by atoms with Crippen molar-refractivity contribution in [2.75, 3.05) is 0 Å². The molecule has 10 nitrogen and oxygen atoms in total. The standard InChI is InChI=1S/C20H32N4O6/c1-14-12-23(10-6-4-8-17(19(27)28)21-15(2)25)13-24(14)11-7-5-9-18(20(29)30)22-16(3)26/h12-13,17-18H,4-11H2,1-3H3,(H3-,21,22,25,26,27,28,29,30)/p+1/t17-,18?/m0/s1. The fourth-order valence-electron chi connectivity index (χ4n) is 3.25. The topological polar surface area (TPSA) is 142 Å². The molecule has 0 radical (unpaired) electrons. The van der Waals surface area contributed by atoms with Crippen molar-refractivity contribution in [1.82, 2.24) is 15.2 Å². The number of carbonyl (C=O) groups excluding carboxylic acids is 2. The van der Waals surface area contributed by atoms with E-state index in [0.29, 0.717) is 25.7 Å². The number of rotatable bonds is 14. The third kappa shape index (κ3) is 9.53. The molecular weight excluding hydrogens is 392 g/mol. The second-order valence-corrected chi connectivity index (χ2v) is 7.49. The molecule has 1 aromatic rings. The van der Waals surface area contributed by atoms with Crippen LogP contribution in [0.2, 0.25) is 0 Å². The van der Waals surface area contributed by atoms with Gasteiger partial charge in [0, 0.05) is 20.8 Å². The van der Waals surface area contributed by atoms with E-state index in [4.69, 9.17) is 10.2 Å². The van der Waals surface area contributed by atoms with Crippen molar-refractivity contribution in [3.05, 3.63) is 18.2 Å². The van der Waals surface area contributed by atoms with E-state index >= 15 is 0 Å². The zero-order valence-corrected chi connectivity index (χ0v) is 17.9. The number of hydrogen-bond donors (Lipinski definition) is 4. The molecule has 0 aromatic carbocycles. The monoisotopic (exact) mass is 425 g/mol. The van der Waals surface area contributed by atoms with Gasteiger partial charge in [-0.1, -0.05) is 0 Å². The van der Waals surface area contributed by atoms with Gasteiger partial charge in [-0.25, -0.2) is 18.7 Å². The number of aryl methyl sites for hydroxylation is 3. The number of nitrogens with zero attached hydrogens (tertiary/aromatic N) is 2. The molecule has 0 aliphatic rings. The van der Waals surface area contributed by atoms with Crippen LogP contribution >= 0.6 is 0 Å². The lowest BCUT2D eigenvalue weighted by Gasteiger charge is -2.12. The molecular formula is C20H33N4O6+. The van der Waals surface area contributed by atoms with Gasteiger partial charge in [-0.2, -0.15) is 0 Å². The SMILES string of the molecule is CC(=O)NC(CCCCn1c[n+](CCCC[C@H](NC(C)=O)C(=O)O)cc1C)C(=O)O. The summed E-state index contributed by atoms with van der Waals surface area (Å²) < 4.78 is 4.13. The zero-order valence-electron chi connectivity index (χ0n) is 17.9. The number of hydrogen-bond acceptors (Lipinski definition) is 4. The first-order valence-electron chi connectivity index (χ1n) is 10.2. The molecule has 0 spiro atoms. The minimum Gasteiger partial charge on any atom is -0.480 e. The summed E-state index contributed by atoms with van der Waals surface area (Å²) in [4.78, 5) is 44.4. The number of nitrogens with one attached hydrogen (secondary N) is 2. The predicted octanol–water partition coefficient (Wildman–Crippen LogP) is 0.603. The number of amides is 2. The highest BCUT2D eigenvalue weighted by molar-refractivity contribution is 5.82. The highest BCUT2D eigenvalue weighted by atomic mass is 16.4. The fourth-order valence-corrected chi connectivity index (χ4v) is 3.25. The van der Waals surface area contributed by atoms with E-state index in [2.05, 4.69) is 15.2 Å². The summed E-state index contributed by atoms with van der Waals surface area (Å²) in [6.45, 7) is 6.09. The van der Waals surface area contributed by atoms with Gasteiger partial charge in [-0.3, -0.25) is 9.59 Å². The minimum absolute atomic E-state index is 0.351. The molecule has 1 heterocycles. The van der Waals surface area contributed by atoms with Crippen molar-refractivity contribution in [1.29, 1.82) is 0 Å². The van der Waals surface area contributed by atoms with E-state index in [1.54, 1.807) is 0 Å². The lowest BCUT2D eigenvalue weighted by atomic mass is 10.1. The molecule has 30 heavy (non-hydrogen) atoms. The maximum atomic E-state index is 11.1.